The highest BCUT2D eigenvalue weighted by molar-refractivity contribution is 5.44. The van der Waals surface area contributed by atoms with Gasteiger partial charge in [-0.25, -0.2) is 4.39 Å². The van der Waals surface area contributed by atoms with Gasteiger partial charge in [-0.2, -0.15) is 5.26 Å². The zero-order chi connectivity index (χ0) is 10.9. The number of allylic oxidation sites excluding steroid dienone is 4. The van der Waals surface area contributed by atoms with Gasteiger partial charge in [0, 0.05) is 0 Å². The smallest absolute Gasteiger partial charge is 0.140 e. The van der Waals surface area contributed by atoms with Crippen molar-refractivity contribution in [3.05, 3.63) is 23.0 Å². The molecule has 1 unspecified atom stereocenters. The van der Waals surface area contributed by atoms with E-state index in [1.165, 1.54) is 0 Å². The zero-order valence-corrected chi connectivity index (χ0v) is 9.19. The molecule has 2 heteroatoms. The Hall–Kier alpha value is -1.10. The molecule has 1 aliphatic carbocycles. The predicted octanol–water partition coefficient (Wildman–Crippen LogP) is 3.75. The standard InChI is InChI=1S/C12H16FN/c1-8-5-6-10(12(2,3)4)11(13)9(8)7-14/h6,8H,5H2,1-4H3. The van der Waals surface area contributed by atoms with E-state index in [1.807, 2.05) is 39.8 Å². The molecular weight excluding hydrogens is 177 g/mol. The lowest BCUT2D eigenvalue weighted by atomic mass is 9.78. The van der Waals surface area contributed by atoms with Gasteiger partial charge < -0.3 is 0 Å². The van der Waals surface area contributed by atoms with Crippen molar-refractivity contribution in [2.24, 2.45) is 11.3 Å². The Bertz CT molecular complexity index is 336. The maximum atomic E-state index is 13.8. The molecule has 0 fully saturated rings. The summed E-state index contributed by atoms with van der Waals surface area (Å²) < 4.78 is 13.8. The first kappa shape index (κ1) is 11.0. The molecule has 0 saturated carbocycles. The van der Waals surface area contributed by atoms with Gasteiger partial charge >= 0.3 is 0 Å². The van der Waals surface area contributed by atoms with Crippen molar-refractivity contribution in [1.82, 2.24) is 0 Å². The minimum Gasteiger partial charge on any atom is -0.206 e. The zero-order valence-electron chi connectivity index (χ0n) is 9.19. The number of halogens is 1. The molecular formula is C12H16FN. The molecule has 0 N–H and O–H groups in total. The second-order valence-electron chi connectivity index (χ2n) is 4.84. The van der Waals surface area contributed by atoms with Crippen LogP contribution in [0.3, 0.4) is 0 Å². The normalized spacial score (nSPS) is 23.1. The Kier molecular flexibility index (Phi) is 2.80. The average Bonchev–Trinajstić information content (AvgIpc) is 2.02. The van der Waals surface area contributed by atoms with Gasteiger partial charge in [0.05, 0.1) is 11.6 Å². The highest BCUT2D eigenvalue weighted by Crippen LogP contribution is 2.39. The summed E-state index contributed by atoms with van der Waals surface area (Å²) in [5.41, 5.74) is 0.761. The van der Waals surface area contributed by atoms with E-state index in [0.29, 0.717) is 11.1 Å². The minimum absolute atomic E-state index is 0.0195. The van der Waals surface area contributed by atoms with Gasteiger partial charge in [0.2, 0.25) is 0 Å². The van der Waals surface area contributed by atoms with Crippen LogP contribution in [0.15, 0.2) is 23.0 Å². The number of hydrogen-bond acceptors (Lipinski definition) is 1. The van der Waals surface area contributed by atoms with Crippen molar-refractivity contribution in [2.75, 3.05) is 0 Å². The van der Waals surface area contributed by atoms with Crippen LogP contribution in [0.1, 0.15) is 34.1 Å². The summed E-state index contributed by atoms with van der Waals surface area (Å²) in [7, 11) is 0. The lowest BCUT2D eigenvalue weighted by molar-refractivity contribution is 0.453. The van der Waals surface area contributed by atoms with Gasteiger partial charge in [-0.3, -0.25) is 0 Å². The maximum Gasteiger partial charge on any atom is 0.140 e. The average molecular weight is 193 g/mol. The molecule has 1 atom stereocenters. The molecule has 0 aliphatic heterocycles. The molecule has 0 aromatic rings. The van der Waals surface area contributed by atoms with Crippen molar-refractivity contribution in [1.29, 1.82) is 5.26 Å². The molecule has 1 aliphatic rings. The molecule has 0 aromatic carbocycles. The van der Waals surface area contributed by atoms with Crippen LogP contribution in [0.25, 0.3) is 0 Å². The van der Waals surface area contributed by atoms with Crippen LogP contribution < -0.4 is 0 Å². The second-order valence-corrected chi connectivity index (χ2v) is 4.84. The van der Waals surface area contributed by atoms with Gasteiger partial charge in [0.25, 0.3) is 0 Å². The van der Waals surface area contributed by atoms with Crippen LogP contribution in [-0.2, 0) is 0 Å². The molecule has 76 valence electrons. The Morgan fingerprint density at radius 3 is 2.50 bits per heavy atom. The lowest BCUT2D eigenvalue weighted by Gasteiger charge is -2.27. The molecule has 1 rings (SSSR count). The summed E-state index contributed by atoms with van der Waals surface area (Å²) in [4.78, 5) is 0. The van der Waals surface area contributed by atoms with E-state index in [4.69, 9.17) is 5.26 Å². The predicted molar refractivity (Wildman–Crippen MR) is 55.1 cm³/mol. The lowest BCUT2D eigenvalue weighted by Crippen LogP contribution is -2.16. The van der Waals surface area contributed by atoms with Crippen molar-refractivity contribution in [2.45, 2.75) is 34.1 Å². The highest BCUT2D eigenvalue weighted by atomic mass is 19.1. The molecule has 0 aromatic heterocycles. The first-order valence-corrected chi connectivity index (χ1v) is 4.88. The van der Waals surface area contributed by atoms with Crippen LogP contribution in [0.5, 0.6) is 0 Å². The molecule has 0 spiro atoms. The number of hydrogen-bond donors (Lipinski definition) is 0. The van der Waals surface area contributed by atoms with Crippen LogP contribution >= 0.6 is 0 Å². The summed E-state index contributed by atoms with van der Waals surface area (Å²) >= 11 is 0. The highest BCUT2D eigenvalue weighted by Gasteiger charge is 2.28. The van der Waals surface area contributed by atoms with Crippen molar-refractivity contribution in [3.63, 3.8) is 0 Å². The van der Waals surface area contributed by atoms with Crippen molar-refractivity contribution in [3.8, 4) is 6.07 Å². The van der Waals surface area contributed by atoms with Gasteiger partial charge in [-0.05, 0) is 23.3 Å². The van der Waals surface area contributed by atoms with Crippen molar-refractivity contribution < 1.29 is 4.39 Å². The van der Waals surface area contributed by atoms with E-state index < -0.39 is 0 Å². The number of nitrogens with zero attached hydrogens (tertiary/aromatic N) is 1. The largest absolute Gasteiger partial charge is 0.206 e. The van der Waals surface area contributed by atoms with E-state index >= 15 is 0 Å². The van der Waals surface area contributed by atoms with E-state index in [0.717, 1.165) is 6.42 Å². The molecule has 0 radical (unpaired) electrons. The molecule has 0 heterocycles. The van der Waals surface area contributed by atoms with Gasteiger partial charge in [-0.15, -0.1) is 0 Å². The topological polar surface area (TPSA) is 23.8 Å². The molecule has 0 saturated heterocycles. The maximum absolute atomic E-state index is 13.8. The minimum atomic E-state index is -0.307. The molecule has 1 nitrogen and oxygen atoms in total. The summed E-state index contributed by atoms with van der Waals surface area (Å²) in [6, 6.07) is 1.97. The number of rotatable bonds is 0. The van der Waals surface area contributed by atoms with Crippen LogP contribution in [0.2, 0.25) is 0 Å². The number of nitriles is 1. The SMILES string of the molecule is CC1CC=C(C(C)(C)C)C(F)=C1C#N. The molecule has 0 bridgehead atoms. The Morgan fingerprint density at radius 1 is 1.50 bits per heavy atom. The monoisotopic (exact) mass is 193 g/mol. The van der Waals surface area contributed by atoms with E-state index in [2.05, 4.69) is 0 Å². The Morgan fingerprint density at radius 2 is 2.07 bits per heavy atom. The first-order valence-electron chi connectivity index (χ1n) is 4.88. The van der Waals surface area contributed by atoms with Crippen LogP contribution in [-0.4, -0.2) is 0 Å². The van der Waals surface area contributed by atoms with Gasteiger partial charge in [0.1, 0.15) is 5.83 Å². The summed E-state index contributed by atoms with van der Waals surface area (Å²) in [6.07, 6.45) is 2.68. The van der Waals surface area contributed by atoms with E-state index in [1.54, 1.807) is 0 Å². The molecule has 0 amide bonds. The summed E-state index contributed by atoms with van der Waals surface area (Å²) in [5.74, 6) is -0.287. The fourth-order valence-corrected chi connectivity index (χ4v) is 1.66. The summed E-state index contributed by atoms with van der Waals surface area (Å²) in [6.45, 7) is 7.77. The third-order valence-electron chi connectivity index (χ3n) is 2.57. The fraction of sp³-hybridized carbons (Fsp3) is 0.583. The molecule has 14 heavy (non-hydrogen) atoms. The first-order chi connectivity index (χ1) is 6.38. The van der Waals surface area contributed by atoms with Crippen LogP contribution in [0, 0.1) is 22.7 Å². The second kappa shape index (κ2) is 3.57. The van der Waals surface area contributed by atoms with E-state index in [-0.39, 0.29) is 17.2 Å². The van der Waals surface area contributed by atoms with Crippen molar-refractivity contribution >= 4 is 0 Å². The third-order valence-corrected chi connectivity index (χ3v) is 2.57. The van der Waals surface area contributed by atoms with E-state index in [9.17, 15) is 4.39 Å². The fourth-order valence-electron chi connectivity index (χ4n) is 1.66. The van der Waals surface area contributed by atoms with Gasteiger partial charge in [0.15, 0.2) is 0 Å². The van der Waals surface area contributed by atoms with Crippen LogP contribution in [0.4, 0.5) is 4.39 Å². The Labute approximate surface area is 84.9 Å². The Balaban J connectivity index is 3.17. The quantitative estimate of drug-likeness (QED) is 0.574. The summed E-state index contributed by atoms with van der Waals surface area (Å²) in [5, 5.41) is 8.84. The third kappa shape index (κ3) is 1.87. The van der Waals surface area contributed by atoms with Gasteiger partial charge in [-0.1, -0.05) is 33.8 Å².